The molecule has 0 aliphatic heterocycles. The van der Waals surface area contributed by atoms with Gasteiger partial charge in [0.25, 0.3) is 0 Å². The Hall–Kier alpha value is -2.43. The molecule has 142 valence electrons. The van der Waals surface area contributed by atoms with Crippen LogP contribution in [-0.4, -0.2) is 49.1 Å². The molecule has 0 radical (unpaired) electrons. The van der Waals surface area contributed by atoms with Gasteiger partial charge in [0.05, 0.1) is 17.9 Å². The van der Waals surface area contributed by atoms with E-state index >= 15 is 0 Å². The van der Waals surface area contributed by atoms with Crippen molar-refractivity contribution >= 4 is 21.8 Å². The summed E-state index contributed by atoms with van der Waals surface area (Å²) in [6.45, 7) is 0. The van der Waals surface area contributed by atoms with Gasteiger partial charge in [-0.05, 0) is 36.4 Å². The van der Waals surface area contributed by atoms with Crippen LogP contribution < -0.4 is 4.74 Å². The zero-order valence-corrected chi connectivity index (χ0v) is 16.6. The van der Waals surface area contributed by atoms with Crippen LogP contribution >= 0.6 is 11.8 Å². The van der Waals surface area contributed by atoms with Gasteiger partial charge in [-0.25, -0.2) is 17.7 Å². The van der Waals surface area contributed by atoms with Gasteiger partial charge in [0.2, 0.25) is 21.7 Å². The summed E-state index contributed by atoms with van der Waals surface area (Å²) in [6.07, 6.45) is 1.34. The van der Waals surface area contributed by atoms with E-state index in [1.165, 1.54) is 38.1 Å². The van der Waals surface area contributed by atoms with Crippen LogP contribution in [0.3, 0.4) is 0 Å². The van der Waals surface area contributed by atoms with E-state index in [-0.39, 0.29) is 4.90 Å². The molecule has 27 heavy (non-hydrogen) atoms. The maximum Gasteiger partial charge on any atom is 0.244 e. The standard InChI is InChI=1S/C17H18N4O4S2/c1-21(2)27(22,23)14-8-9-16(18-10-14)26-11-15-19-17(20-25-15)12-4-6-13(24-3)7-5-12/h4-10H,11H2,1-3H3. The highest BCUT2D eigenvalue weighted by Crippen LogP contribution is 2.24. The van der Waals surface area contributed by atoms with Crippen molar-refractivity contribution in [3.05, 3.63) is 48.5 Å². The Kier molecular flexibility index (Phi) is 5.78. The van der Waals surface area contributed by atoms with E-state index in [1.54, 1.807) is 13.2 Å². The van der Waals surface area contributed by atoms with Crippen molar-refractivity contribution in [3.63, 3.8) is 0 Å². The first kappa shape index (κ1) is 19.3. The summed E-state index contributed by atoms with van der Waals surface area (Å²) in [4.78, 5) is 8.69. The molecule has 0 bridgehead atoms. The van der Waals surface area contributed by atoms with E-state index in [0.717, 1.165) is 15.6 Å². The SMILES string of the molecule is COc1ccc(-c2noc(CSc3ccc(S(=O)(=O)N(C)C)cn3)n2)cc1. The smallest absolute Gasteiger partial charge is 0.244 e. The average molecular weight is 406 g/mol. The number of benzene rings is 1. The number of rotatable bonds is 7. The molecular formula is C17H18N4O4S2. The van der Waals surface area contributed by atoms with Crippen molar-refractivity contribution in [3.8, 4) is 17.1 Å². The summed E-state index contributed by atoms with van der Waals surface area (Å²) in [6, 6.07) is 10.5. The van der Waals surface area contributed by atoms with E-state index in [1.807, 2.05) is 24.3 Å². The largest absolute Gasteiger partial charge is 0.497 e. The number of sulfonamides is 1. The molecule has 3 aromatic rings. The molecule has 10 heteroatoms. The second kappa shape index (κ2) is 8.07. The zero-order valence-electron chi connectivity index (χ0n) is 15.0. The minimum atomic E-state index is -3.48. The molecule has 8 nitrogen and oxygen atoms in total. The van der Waals surface area contributed by atoms with Gasteiger partial charge in [0.15, 0.2) is 0 Å². The number of ether oxygens (including phenoxy) is 1. The van der Waals surface area contributed by atoms with Crippen molar-refractivity contribution in [1.29, 1.82) is 0 Å². The Labute approximate surface area is 161 Å². The van der Waals surface area contributed by atoms with Crippen molar-refractivity contribution in [2.75, 3.05) is 21.2 Å². The Bertz CT molecular complexity index is 1000. The van der Waals surface area contributed by atoms with E-state index in [9.17, 15) is 8.42 Å². The van der Waals surface area contributed by atoms with Crippen molar-refractivity contribution in [2.45, 2.75) is 15.7 Å². The summed E-state index contributed by atoms with van der Waals surface area (Å²) >= 11 is 1.38. The predicted molar refractivity (Wildman–Crippen MR) is 101 cm³/mol. The number of hydrogen-bond acceptors (Lipinski definition) is 8. The normalized spacial score (nSPS) is 11.7. The Balaban J connectivity index is 1.64. The highest BCUT2D eigenvalue weighted by atomic mass is 32.2. The van der Waals surface area contributed by atoms with E-state index in [0.29, 0.717) is 22.5 Å². The van der Waals surface area contributed by atoms with E-state index in [4.69, 9.17) is 9.26 Å². The highest BCUT2D eigenvalue weighted by Gasteiger charge is 2.17. The first-order chi connectivity index (χ1) is 12.9. The van der Waals surface area contributed by atoms with Gasteiger partial charge < -0.3 is 9.26 Å². The number of hydrogen-bond donors (Lipinski definition) is 0. The van der Waals surface area contributed by atoms with Gasteiger partial charge in [0.1, 0.15) is 10.6 Å². The number of methoxy groups -OCH3 is 1. The molecule has 1 aromatic carbocycles. The molecule has 0 amide bonds. The molecule has 0 aliphatic rings. The third-order valence-electron chi connectivity index (χ3n) is 3.65. The van der Waals surface area contributed by atoms with Gasteiger partial charge in [-0.3, -0.25) is 0 Å². The van der Waals surface area contributed by atoms with Gasteiger partial charge in [-0.2, -0.15) is 4.98 Å². The van der Waals surface area contributed by atoms with Crippen molar-refractivity contribution in [1.82, 2.24) is 19.4 Å². The summed E-state index contributed by atoms with van der Waals surface area (Å²) in [5.74, 6) is 2.13. The molecule has 0 saturated heterocycles. The molecule has 2 heterocycles. The van der Waals surface area contributed by atoms with Crippen LogP contribution in [-0.2, 0) is 15.8 Å². The van der Waals surface area contributed by atoms with Gasteiger partial charge in [-0.15, -0.1) is 0 Å². The van der Waals surface area contributed by atoms with Crippen LogP contribution in [0.25, 0.3) is 11.4 Å². The Morgan fingerprint density at radius 1 is 1.15 bits per heavy atom. The first-order valence-corrected chi connectivity index (χ1v) is 10.3. The van der Waals surface area contributed by atoms with Crippen LogP contribution in [0.15, 0.2) is 57.0 Å². The lowest BCUT2D eigenvalue weighted by Crippen LogP contribution is -2.22. The lowest BCUT2D eigenvalue weighted by atomic mass is 10.2. The van der Waals surface area contributed by atoms with Crippen LogP contribution in [0, 0.1) is 0 Å². The van der Waals surface area contributed by atoms with Crippen LogP contribution in [0.1, 0.15) is 5.89 Å². The van der Waals surface area contributed by atoms with Gasteiger partial charge >= 0.3 is 0 Å². The summed E-state index contributed by atoms with van der Waals surface area (Å²) in [5.41, 5.74) is 0.826. The molecule has 0 aliphatic carbocycles. The monoisotopic (exact) mass is 406 g/mol. The fourth-order valence-corrected chi connectivity index (χ4v) is 3.65. The maximum atomic E-state index is 12.0. The molecular weight excluding hydrogens is 388 g/mol. The fraction of sp³-hybridized carbons (Fsp3) is 0.235. The second-order valence-corrected chi connectivity index (χ2v) is 8.80. The fourth-order valence-electron chi connectivity index (χ4n) is 2.12. The van der Waals surface area contributed by atoms with Crippen LogP contribution in [0.4, 0.5) is 0 Å². The molecule has 0 saturated carbocycles. The molecule has 0 fully saturated rings. The first-order valence-electron chi connectivity index (χ1n) is 7.88. The topological polar surface area (TPSA) is 98.4 Å². The number of nitrogens with zero attached hydrogens (tertiary/aromatic N) is 4. The maximum absolute atomic E-state index is 12.0. The van der Waals surface area contributed by atoms with Crippen LogP contribution in [0.5, 0.6) is 5.75 Å². The third-order valence-corrected chi connectivity index (χ3v) is 6.37. The number of thioether (sulfide) groups is 1. The highest BCUT2D eigenvalue weighted by molar-refractivity contribution is 7.98. The molecule has 0 spiro atoms. The van der Waals surface area contributed by atoms with Crippen molar-refractivity contribution in [2.24, 2.45) is 0 Å². The summed E-state index contributed by atoms with van der Waals surface area (Å²) in [5, 5.41) is 4.64. The molecule has 3 rings (SSSR count). The predicted octanol–water partition coefficient (Wildman–Crippen LogP) is 2.68. The average Bonchev–Trinajstić information content (AvgIpc) is 3.15. The third kappa shape index (κ3) is 4.46. The van der Waals surface area contributed by atoms with Crippen molar-refractivity contribution < 1.29 is 17.7 Å². The summed E-state index contributed by atoms with van der Waals surface area (Å²) < 4.78 is 35.6. The minimum Gasteiger partial charge on any atom is -0.497 e. The Morgan fingerprint density at radius 2 is 1.89 bits per heavy atom. The lowest BCUT2D eigenvalue weighted by molar-refractivity contribution is 0.391. The number of pyridine rings is 1. The zero-order chi connectivity index (χ0) is 19.4. The minimum absolute atomic E-state index is 0.149. The van der Waals surface area contributed by atoms with E-state index < -0.39 is 10.0 Å². The molecule has 0 N–H and O–H groups in total. The molecule has 0 unspecified atom stereocenters. The molecule has 2 aromatic heterocycles. The Morgan fingerprint density at radius 3 is 2.48 bits per heavy atom. The van der Waals surface area contributed by atoms with Gasteiger partial charge in [-0.1, -0.05) is 16.9 Å². The van der Waals surface area contributed by atoms with Gasteiger partial charge in [0, 0.05) is 25.9 Å². The second-order valence-electron chi connectivity index (χ2n) is 5.65. The lowest BCUT2D eigenvalue weighted by Gasteiger charge is -2.10. The van der Waals surface area contributed by atoms with E-state index in [2.05, 4.69) is 15.1 Å². The number of aromatic nitrogens is 3. The molecule has 0 atom stereocenters. The van der Waals surface area contributed by atoms with Crippen LogP contribution in [0.2, 0.25) is 0 Å². The quantitative estimate of drug-likeness (QED) is 0.552. The summed E-state index contributed by atoms with van der Waals surface area (Å²) in [7, 11) is 1.09.